The van der Waals surface area contributed by atoms with E-state index in [1.54, 1.807) is 18.5 Å². The molecule has 3 aromatic heterocycles. The third-order valence-electron chi connectivity index (χ3n) is 15.4. The molecule has 70 heavy (non-hydrogen) atoms. The number of anilines is 2. The first-order chi connectivity index (χ1) is 33.7. The van der Waals surface area contributed by atoms with Crippen molar-refractivity contribution in [2.45, 2.75) is 76.0 Å². The van der Waals surface area contributed by atoms with Crippen LogP contribution in [-0.2, 0) is 16.6 Å². The Balaban J connectivity index is 0.757. The summed E-state index contributed by atoms with van der Waals surface area (Å²) in [6.07, 6.45) is 13.0. The average molecular weight is 955 g/mol. The number of piperazine rings is 1. The standard InChI is InChI=1S/C52H56F2N10O6/c1-4-35-38(53)8-6-31-24-34(65)26-36(43(31)35)45-44(54)46-37(27-55-45)47(63-17-5-14-51(2,69)28-63)58-49(57-46)70-30-52(15-16-52)29-60-20-22-62(23-21-60)32-12-18-61(19-13-32)33-7-9-39-41(25-33)59(3)50(68)64(39)40-10-11-42(66)56-48(40)67/h1,6-9,24-27,32,40,65,69H,5,10-23,28-30H2,2-3H3,(H,56,66,67)/t40?,51-/m1/s1. The van der Waals surface area contributed by atoms with Gasteiger partial charge in [0.25, 0.3) is 0 Å². The van der Waals surface area contributed by atoms with Gasteiger partial charge in [0.15, 0.2) is 5.82 Å². The third kappa shape index (κ3) is 8.36. The quantitative estimate of drug-likeness (QED) is 0.120. The van der Waals surface area contributed by atoms with E-state index in [1.165, 1.54) is 35.0 Å². The van der Waals surface area contributed by atoms with Crippen LogP contribution in [0.5, 0.6) is 11.8 Å². The number of amides is 2. The van der Waals surface area contributed by atoms with Crippen LogP contribution in [-0.4, -0.2) is 133 Å². The molecule has 3 aromatic carbocycles. The number of fused-ring (bicyclic) bond motifs is 3. The summed E-state index contributed by atoms with van der Waals surface area (Å²) in [5.41, 5.74) is 0.954. The van der Waals surface area contributed by atoms with Gasteiger partial charge >= 0.3 is 11.7 Å². The fraction of sp³-hybridized carbons (Fsp3) is 0.462. The van der Waals surface area contributed by atoms with E-state index in [0.29, 0.717) is 60.6 Å². The van der Waals surface area contributed by atoms with E-state index in [2.05, 4.69) is 35.9 Å². The Hall–Kier alpha value is -6.68. The number of ether oxygens (including phenoxy) is 1. The van der Waals surface area contributed by atoms with Crippen LogP contribution in [0.15, 0.2) is 53.5 Å². The van der Waals surface area contributed by atoms with E-state index in [1.807, 2.05) is 23.1 Å². The second-order valence-electron chi connectivity index (χ2n) is 20.4. The summed E-state index contributed by atoms with van der Waals surface area (Å²) in [5, 5.41) is 25.1. The number of hydrogen-bond donors (Lipinski definition) is 3. The topological polar surface area (TPSA) is 174 Å². The monoisotopic (exact) mass is 954 g/mol. The number of phenols is 1. The summed E-state index contributed by atoms with van der Waals surface area (Å²) < 4.78 is 41.7. The van der Waals surface area contributed by atoms with Crippen molar-refractivity contribution in [1.82, 2.24) is 39.2 Å². The first-order valence-electron chi connectivity index (χ1n) is 24.3. The Bertz CT molecular complexity index is 3200. The number of halogens is 2. The molecule has 16 nitrogen and oxygen atoms in total. The van der Waals surface area contributed by atoms with Gasteiger partial charge in [-0.25, -0.2) is 13.6 Å². The molecule has 0 bridgehead atoms. The highest BCUT2D eigenvalue weighted by atomic mass is 19.1. The number of pyridine rings is 1. The molecule has 3 N–H and O–H groups in total. The minimum absolute atomic E-state index is 0.0110. The lowest BCUT2D eigenvalue weighted by atomic mass is 9.94. The van der Waals surface area contributed by atoms with Crippen molar-refractivity contribution in [3.63, 3.8) is 0 Å². The number of imidazole rings is 1. The fourth-order valence-electron chi connectivity index (χ4n) is 11.4. The van der Waals surface area contributed by atoms with Gasteiger partial charge in [-0.3, -0.25) is 33.9 Å². The minimum Gasteiger partial charge on any atom is -0.508 e. The highest BCUT2D eigenvalue weighted by molar-refractivity contribution is 6.03. The smallest absolute Gasteiger partial charge is 0.329 e. The molecule has 1 aliphatic carbocycles. The molecule has 2 amide bonds. The van der Waals surface area contributed by atoms with Crippen molar-refractivity contribution in [2.24, 2.45) is 12.5 Å². The van der Waals surface area contributed by atoms with Gasteiger partial charge in [0.05, 0.1) is 34.2 Å². The Morgan fingerprint density at radius 1 is 0.929 bits per heavy atom. The summed E-state index contributed by atoms with van der Waals surface area (Å²) in [4.78, 5) is 61.2. The zero-order chi connectivity index (χ0) is 48.6. The lowest BCUT2D eigenvalue weighted by molar-refractivity contribution is -0.135. The molecule has 18 heteroatoms. The number of carbonyl (C=O) groups is 2. The maximum absolute atomic E-state index is 17.1. The Kier molecular flexibility index (Phi) is 11.5. The molecular weight excluding hydrogens is 899 g/mol. The van der Waals surface area contributed by atoms with Crippen LogP contribution in [0.1, 0.15) is 69.9 Å². The van der Waals surface area contributed by atoms with E-state index < -0.39 is 29.2 Å². The Morgan fingerprint density at radius 2 is 1.71 bits per heavy atom. The molecule has 4 aliphatic heterocycles. The lowest BCUT2D eigenvalue weighted by Gasteiger charge is -2.44. The molecule has 0 radical (unpaired) electrons. The van der Waals surface area contributed by atoms with Crippen LogP contribution in [0.4, 0.5) is 20.3 Å². The molecule has 2 atom stereocenters. The van der Waals surface area contributed by atoms with Gasteiger partial charge in [-0.15, -0.1) is 6.42 Å². The molecule has 1 saturated carbocycles. The predicted octanol–water partition coefficient (Wildman–Crippen LogP) is 5.24. The number of carbonyl (C=O) groups excluding carboxylic acids is 2. The number of rotatable bonds is 10. The number of aryl methyl sites for hydroxylation is 1. The maximum Gasteiger partial charge on any atom is 0.329 e. The van der Waals surface area contributed by atoms with Crippen LogP contribution >= 0.6 is 0 Å². The number of benzene rings is 3. The lowest BCUT2D eigenvalue weighted by Crippen LogP contribution is -2.54. The van der Waals surface area contributed by atoms with E-state index in [4.69, 9.17) is 16.1 Å². The summed E-state index contributed by atoms with van der Waals surface area (Å²) in [6.45, 7) is 9.36. The normalized spacial score (nSPS) is 22.5. The number of nitrogens with one attached hydrogen (secondary N) is 1. The van der Waals surface area contributed by atoms with Gasteiger partial charge in [-0.1, -0.05) is 12.0 Å². The number of piperidine rings is 3. The molecule has 7 heterocycles. The first kappa shape index (κ1) is 45.7. The molecule has 5 fully saturated rings. The van der Waals surface area contributed by atoms with Crippen molar-refractivity contribution in [3.8, 4) is 35.4 Å². The van der Waals surface area contributed by atoms with Crippen LogP contribution < -0.4 is 25.5 Å². The van der Waals surface area contributed by atoms with Crippen molar-refractivity contribution in [3.05, 3.63) is 76.3 Å². The van der Waals surface area contributed by atoms with E-state index in [9.17, 15) is 24.6 Å². The Morgan fingerprint density at radius 3 is 2.44 bits per heavy atom. The largest absolute Gasteiger partial charge is 0.508 e. The number of aromatic nitrogens is 5. The summed E-state index contributed by atoms with van der Waals surface area (Å²) in [7, 11) is 1.72. The maximum atomic E-state index is 17.1. The number of phenolic OH excluding ortho intramolecular Hbond substituents is 1. The number of aromatic hydroxyl groups is 1. The first-order valence-corrected chi connectivity index (χ1v) is 24.3. The minimum atomic E-state index is -0.992. The van der Waals surface area contributed by atoms with Gasteiger partial charge < -0.3 is 29.6 Å². The Labute approximate surface area is 402 Å². The molecule has 6 aromatic rings. The van der Waals surface area contributed by atoms with Crippen LogP contribution in [0, 0.1) is 29.4 Å². The van der Waals surface area contributed by atoms with Crippen LogP contribution in [0.3, 0.4) is 0 Å². The van der Waals surface area contributed by atoms with Gasteiger partial charge in [-0.05, 0) is 93.7 Å². The van der Waals surface area contributed by atoms with Crippen molar-refractivity contribution in [2.75, 3.05) is 75.3 Å². The second-order valence-corrected chi connectivity index (χ2v) is 20.4. The number of imide groups is 1. The molecule has 1 unspecified atom stereocenters. The molecule has 364 valence electrons. The molecular formula is C52H56F2N10O6. The summed E-state index contributed by atoms with van der Waals surface area (Å²) in [5.74, 6) is 0.415. The van der Waals surface area contributed by atoms with Crippen LogP contribution in [0.2, 0.25) is 0 Å². The van der Waals surface area contributed by atoms with Gasteiger partial charge in [0.1, 0.15) is 34.6 Å². The van der Waals surface area contributed by atoms with Crippen molar-refractivity contribution in [1.29, 1.82) is 0 Å². The third-order valence-corrected chi connectivity index (χ3v) is 15.4. The highest BCUT2D eigenvalue weighted by Crippen LogP contribution is 2.47. The van der Waals surface area contributed by atoms with E-state index in [-0.39, 0.29) is 69.5 Å². The average Bonchev–Trinajstić information content (AvgIpc) is 4.07. The number of aliphatic hydroxyl groups is 1. The molecule has 11 rings (SSSR count). The predicted molar refractivity (Wildman–Crippen MR) is 261 cm³/mol. The van der Waals surface area contributed by atoms with Crippen molar-refractivity contribution < 1.29 is 33.3 Å². The van der Waals surface area contributed by atoms with Crippen molar-refractivity contribution >= 4 is 56.0 Å². The molecule has 4 saturated heterocycles. The van der Waals surface area contributed by atoms with Gasteiger partial charge in [0, 0.05) is 107 Å². The van der Waals surface area contributed by atoms with Crippen LogP contribution in [0.25, 0.3) is 44.0 Å². The fourth-order valence-corrected chi connectivity index (χ4v) is 11.4. The number of hydrogen-bond acceptors (Lipinski definition) is 13. The molecule has 5 aliphatic rings. The SMILES string of the molecule is C#Cc1c(F)ccc2cc(O)cc(-c3ncc4c(N5CCC[C@@](C)(O)C5)nc(OCC5(CN6CCN(C7CCN(c8ccc9c(c8)n(C)c(=O)n9C8CCC(=O)NC8=O)CC7)CC6)CC5)nc4c3F)c12. The number of terminal acetylenes is 1. The van der Waals surface area contributed by atoms with Gasteiger partial charge in [-0.2, -0.15) is 9.97 Å². The van der Waals surface area contributed by atoms with Gasteiger partial charge in [0.2, 0.25) is 11.8 Å². The zero-order valence-corrected chi connectivity index (χ0v) is 39.4. The summed E-state index contributed by atoms with van der Waals surface area (Å²) in [6, 6.07) is 11.2. The van der Waals surface area contributed by atoms with E-state index >= 15 is 8.78 Å². The number of nitrogens with zero attached hydrogens (tertiary/aromatic N) is 9. The zero-order valence-electron chi connectivity index (χ0n) is 39.4. The van der Waals surface area contributed by atoms with E-state index in [0.717, 1.165) is 82.7 Å². The summed E-state index contributed by atoms with van der Waals surface area (Å²) >= 11 is 0. The number of β-amino-alcohol motifs (C(OH)–C–C–N with tert-alkyl or cyclic N) is 1. The molecule has 0 spiro atoms. The highest BCUT2D eigenvalue weighted by Gasteiger charge is 2.46. The second kappa shape index (κ2) is 17.6.